The lowest BCUT2D eigenvalue weighted by molar-refractivity contribution is -0.145. The molecule has 1 saturated heterocycles. The van der Waals surface area contributed by atoms with Gasteiger partial charge in [0.05, 0.1) is 19.7 Å². The molecule has 2 aliphatic rings. The second-order valence-corrected chi connectivity index (χ2v) is 4.68. The predicted octanol–water partition coefficient (Wildman–Crippen LogP) is 0.246. The normalized spacial score (nSPS) is 19.1. The van der Waals surface area contributed by atoms with Gasteiger partial charge in [0.15, 0.2) is 0 Å². The van der Waals surface area contributed by atoms with E-state index >= 15 is 0 Å². The molecule has 1 saturated carbocycles. The maximum atomic E-state index is 11.8. The molecular weight excluding hydrogens is 220 g/mol. The van der Waals surface area contributed by atoms with Gasteiger partial charge in [-0.05, 0) is 26.2 Å². The third-order valence-corrected chi connectivity index (χ3v) is 3.25. The summed E-state index contributed by atoms with van der Waals surface area (Å²) in [4.78, 5) is 27.1. The molecular formula is C12H20N2O3. The number of amides is 1. The van der Waals surface area contributed by atoms with E-state index in [1.165, 1.54) is 0 Å². The van der Waals surface area contributed by atoms with Crippen LogP contribution in [0.4, 0.5) is 0 Å². The highest BCUT2D eigenvalue weighted by Gasteiger charge is 2.33. The van der Waals surface area contributed by atoms with Crippen molar-refractivity contribution >= 4 is 11.9 Å². The van der Waals surface area contributed by atoms with Gasteiger partial charge in [0.2, 0.25) is 5.91 Å². The van der Waals surface area contributed by atoms with Gasteiger partial charge in [0, 0.05) is 19.1 Å². The number of ether oxygens (including phenoxy) is 1. The Hall–Kier alpha value is -1.10. The summed E-state index contributed by atoms with van der Waals surface area (Å²) in [6.07, 6.45) is 3.28. The fourth-order valence-electron chi connectivity index (χ4n) is 1.97. The fourth-order valence-corrected chi connectivity index (χ4v) is 1.97. The van der Waals surface area contributed by atoms with Crippen LogP contribution in [0.3, 0.4) is 0 Å². The van der Waals surface area contributed by atoms with Gasteiger partial charge in [-0.15, -0.1) is 0 Å². The third kappa shape index (κ3) is 3.43. The number of hydrogen-bond acceptors (Lipinski definition) is 4. The second-order valence-electron chi connectivity index (χ2n) is 4.68. The van der Waals surface area contributed by atoms with E-state index in [9.17, 15) is 9.59 Å². The largest absolute Gasteiger partial charge is 0.465 e. The van der Waals surface area contributed by atoms with Gasteiger partial charge in [-0.1, -0.05) is 0 Å². The van der Waals surface area contributed by atoms with Crippen molar-refractivity contribution in [3.8, 4) is 0 Å². The molecule has 0 radical (unpaired) electrons. The lowest BCUT2D eigenvalue weighted by atomic mass is 10.2. The van der Waals surface area contributed by atoms with Gasteiger partial charge in [-0.25, -0.2) is 0 Å². The van der Waals surface area contributed by atoms with Crippen molar-refractivity contribution in [3.63, 3.8) is 0 Å². The summed E-state index contributed by atoms with van der Waals surface area (Å²) in [5.41, 5.74) is 0. The van der Waals surface area contributed by atoms with Crippen molar-refractivity contribution in [1.82, 2.24) is 9.80 Å². The van der Waals surface area contributed by atoms with Crippen LogP contribution in [-0.4, -0.2) is 60.5 Å². The number of esters is 1. The van der Waals surface area contributed by atoms with E-state index in [4.69, 9.17) is 4.74 Å². The maximum Gasteiger partial charge on any atom is 0.320 e. The van der Waals surface area contributed by atoms with Crippen molar-refractivity contribution in [1.29, 1.82) is 0 Å². The highest BCUT2D eigenvalue weighted by atomic mass is 16.5. The molecule has 0 N–H and O–H groups in total. The molecule has 5 nitrogen and oxygen atoms in total. The summed E-state index contributed by atoms with van der Waals surface area (Å²) >= 11 is 0. The molecule has 2 rings (SSSR count). The first kappa shape index (κ1) is 12.4. The minimum absolute atomic E-state index is 0.146. The highest BCUT2D eigenvalue weighted by Crippen LogP contribution is 2.26. The Kier molecular flexibility index (Phi) is 3.99. The Morgan fingerprint density at radius 2 is 2.00 bits per heavy atom. The number of carbonyl (C=O) groups is 2. The smallest absolute Gasteiger partial charge is 0.320 e. The molecule has 5 heteroatoms. The summed E-state index contributed by atoms with van der Waals surface area (Å²) in [5.74, 6) is -0.0803. The van der Waals surface area contributed by atoms with E-state index in [1.807, 2.05) is 9.80 Å². The van der Waals surface area contributed by atoms with Crippen molar-refractivity contribution in [3.05, 3.63) is 0 Å². The number of carbonyl (C=O) groups excluding carboxylic acids is 2. The monoisotopic (exact) mass is 240 g/mol. The molecule has 0 aromatic heterocycles. The van der Waals surface area contributed by atoms with Crippen LogP contribution >= 0.6 is 0 Å². The van der Waals surface area contributed by atoms with Crippen LogP contribution in [-0.2, 0) is 14.3 Å². The van der Waals surface area contributed by atoms with Gasteiger partial charge >= 0.3 is 5.97 Å². The van der Waals surface area contributed by atoms with Crippen molar-refractivity contribution < 1.29 is 14.3 Å². The van der Waals surface area contributed by atoms with Gasteiger partial charge in [-0.2, -0.15) is 0 Å². The molecule has 0 aromatic rings. The minimum atomic E-state index is -0.226. The van der Waals surface area contributed by atoms with Gasteiger partial charge in [0.25, 0.3) is 0 Å². The van der Waals surface area contributed by atoms with Gasteiger partial charge < -0.3 is 9.64 Å². The molecule has 1 aliphatic heterocycles. The summed E-state index contributed by atoms with van der Waals surface area (Å²) in [6, 6.07) is 0.407. The Morgan fingerprint density at radius 1 is 1.29 bits per heavy atom. The fraction of sp³-hybridized carbons (Fsp3) is 0.833. The minimum Gasteiger partial charge on any atom is -0.465 e. The molecule has 1 amide bonds. The van der Waals surface area contributed by atoms with Crippen molar-refractivity contribution in [2.24, 2.45) is 0 Å². The maximum absolute atomic E-state index is 11.8. The first-order valence-electron chi connectivity index (χ1n) is 6.38. The molecule has 0 atom stereocenters. The zero-order valence-corrected chi connectivity index (χ0v) is 10.4. The summed E-state index contributed by atoms with van der Waals surface area (Å²) in [6.45, 7) is 4.55. The van der Waals surface area contributed by atoms with Gasteiger partial charge in [-0.3, -0.25) is 14.5 Å². The first-order chi connectivity index (χ1) is 8.20. The Balaban J connectivity index is 1.79. The quantitative estimate of drug-likeness (QED) is 0.624. The standard InChI is InChI=1S/C12H20N2O3/c1-2-17-12(16)9-14(10-4-5-10)8-11(15)13-6-3-7-13/h10H,2-9H2,1H3. The van der Waals surface area contributed by atoms with Crippen LogP contribution < -0.4 is 0 Å². The lowest BCUT2D eigenvalue weighted by Crippen LogP contribution is -2.48. The molecule has 0 bridgehead atoms. The summed E-state index contributed by atoms with van der Waals surface area (Å²) in [7, 11) is 0. The summed E-state index contributed by atoms with van der Waals surface area (Å²) in [5, 5.41) is 0. The highest BCUT2D eigenvalue weighted by molar-refractivity contribution is 5.80. The average Bonchev–Trinajstić information content (AvgIpc) is 2.96. The molecule has 17 heavy (non-hydrogen) atoms. The zero-order valence-electron chi connectivity index (χ0n) is 10.4. The lowest BCUT2D eigenvalue weighted by Gasteiger charge is -2.33. The van der Waals surface area contributed by atoms with Crippen LogP contribution in [0.5, 0.6) is 0 Å². The molecule has 1 heterocycles. The van der Waals surface area contributed by atoms with Crippen LogP contribution in [0.2, 0.25) is 0 Å². The predicted molar refractivity (Wildman–Crippen MR) is 62.4 cm³/mol. The Bertz CT molecular complexity index is 298. The first-order valence-corrected chi connectivity index (χ1v) is 6.38. The van der Waals surface area contributed by atoms with E-state index in [0.29, 0.717) is 19.2 Å². The Labute approximate surface area is 102 Å². The molecule has 0 unspecified atom stereocenters. The van der Waals surface area contributed by atoms with E-state index in [-0.39, 0.29) is 18.4 Å². The average molecular weight is 240 g/mol. The molecule has 2 fully saturated rings. The molecule has 96 valence electrons. The number of hydrogen-bond donors (Lipinski definition) is 0. The Morgan fingerprint density at radius 3 is 2.47 bits per heavy atom. The zero-order chi connectivity index (χ0) is 12.3. The second kappa shape index (κ2) is 5.49. The van der Waals surface area contributed by atoms with Crippen molar-refractivity contribution in [2.75, 3.05) is 32.8 Å². The van der Waals surface area contributed by atoms with Crippen molar-refractivity contribution in [2.45, 2.75) is 32.2 Å². The van der Waals surface area contributed by atoms with E-state index in [0.717, 1.165) is 32.4 Å². The topological polar surface area (TPSA) is 49.9 Å². The van der Waals surface area contributed by atoms with E-state index < -0.39 is 0 Å². The van der Waals surface area contributed by atoms with Gasteiger partial charge in [0.1, 0.15) is 0 Å². The number of nitrogens with zero attached hydrogens (tertiary/aromatic N) is 2. The van der Waals surface area contributed by atoms with Crippen LogP contribution in [0, 0.1) is 0 Å². The van der Waals surface area contributed by atoms with Crippen LogP contribution in [0.1, 0.15) is 26.2 Å². The number of rotatable bonds is 6. The van der Waals surface area contributed by atoms with Crippen LogP contribution in [0.25, 0.3) is 0 Å². The molecule has 1 aliphatic carbocycles. The molecule has 0 aromatic carbocycles. The van der Waals surface area contributed by atoms with E-state index in [2.05, 4.69) is 0 Å². The molecule has 0 spiro atoms. The summed E-state index contributed by atoms with van der Waals surface area (Å²) < 4.78 is 4.93. The van der Waals surface area contributed by atoms with E-state index in [1.54, 1.807) is 6.92 Å². The third-order valence-electron chi connectivity index (χ3n) is 3.25. The SMILES string of the molecule is CCOC(=O)CN(CC(=O)N1CCC1)C1CC1. The van der Waals surface area contributed by atoms with Crippen LogP contribution in [0.15, 0.2) is 0 Å². The number of likely N-dealkylation sites (tertiary alicyclic amines) is 1.